The van der Waals surface area contributed by atoms with E-state index in [2.05, 4.69) is 20.9 Å². The number of aldehydes is 1. The van der Waals surface area contributed by atoms with Crippen molar-refractivity contribution < 1.29 is 4.79 Å². The Balaban J connectivity index is 2.49. The van der Waals surface area contributed by atoms with Gasteiger partial charge in [-0.25, -0.2) is 4.98 Å². The Kier molecular flexibility index (Phi) is 3.19. The van der Waals surface area contributed by atoms with Crippen LogP contribution in [0.2, 0.25) is 5.02 Å². The molecule has 5 heteroatoms. The average Bonchev–Trinajstić information content (AvgIpc) is 2.66. The van der Waals surface area contributed by atoms with Crippen molar-refractivity contribution in [2.45, 2.75) is 0 Å². The second kappa shape index (κ2) is 4.43. The van der Waals surface area contributed by atoms with Crippen LogP contribution in [-0.2, 0) is 0 Å². The van der Waals surface area contributed by atoms with E-state index < -0.39 is 0 Å². The van der Waals surface area contributed by atoms with E-state index in [0.717, 1.165) is 21.3 Å². The number of hydrogen-bond donors (Lipinski definition) is 0. The molecule has 2 nitrogen and oxygen atoms in total. The zero-order valence-corrected chi connectivity index (χ0v) is 10.6. The summed E-state index contributed by atoms with van der Waals surface area (Å²) in [6.45, 7) is 0. The van der Waals surface area contributed by atoms with Crippen LogP contribution >= 0.6 is 38.9 Å². The third kappa shape index (κ3) is 2.27. The lowest BCUT2D eigenvalue weighted by Gasteiger charge is -2.00. The summed E-state index contributed by atoms with van der Waals surface area (Å²) in [5.74, 6) is 0. The summed E-state index contributed by atoms with van der Waals surface area (Å²) in [6, 6.07) is 5.47. The van der Waals surface area contributed by atoms with Crippen molar-refractivity contribution in [2.24, 2.45) is 0 Å². The number of nitrogens with zero attached hydrogens (tertiary/aromatic N) is 1. The van der Waals surface area contributed by atoms with Gasteiger partial charge in [0.05, 0.1) is 0 Å². The van der Waals surface area contributed by atoms with Gasteiger partial charge in [0, 0.05) is 20.4 Å². The average molecular weight is 303 g/mol. The first-order valence-corrected chi connectivity index (χ1v) is 6.12. The molecule has 1 heterocycles. The SMILES string of the molecule is O=Cc1csc(-c2ccc(Cl)cc2Br)n1. The first-order chi connectivity index (χ1) is 7.20. The summed E-state index contributed by atoms with van der Waals surface area (Å²) in [5.41, 5.74) is 1.40. The van der Waals surface area contributed by atoms with Crippen molar-refractivity contribution >= 4 is 45.2 Å². The number of hydrogen-bond acceptors (Lipinski definition) is 3. The quantitative estimate of drug-likeness (QED) is 0.784. The maximum Gasteiger partial charge on any atom is 0.169 e. The van der Waals surface area contributed by atoms with Gasteiger partial charge in [0.15, 0.2) is 6.29 Å². The van der Waals surface area contributed by atoms with E-state index in [1.165, 1.54) is 11.3 Å². The first kappa shape index (κ1) is 10.8. The molecule has 15 heavy (non-hydrogen) atoms. The maximum atomic E-state index is 10.5. The highest BCUT2D eigenvalue weighted by Crippen LogP contribution is 2.32. The summed E-state index contributed by atoms with van der Waals surface area (Å²) in [4.78, 5) is 14.7. The van der Waals surface area contributed by atoms with Gasteiger partial charge >= 0.3 is 0 Å². The van der Waals surface area contributed by atoms with Crippen LogP contribution in [0.25, 0.3) is 10.6 Å². The molecule has 0 atom stereocenters. The number of aromatic nitrogens is 1. The Bertz CT molecular complexity index is 512. The van der Waals surface area contributed by atoms with Crippen LogP contribution in [0.1, 0.15) is 10.5 Å². The van der Waals surface area contributed by atoms with Crippen LogP contribution in [-0.4, -0.2) is 11.3 Å². The monoisotopic (exact) mass is 301 g/mol. The van der Waals surface area contributed by atoms with Crippen molar-refractivity contribution in [3.63, 3.8) is 0 Å². The van der Waals surface area contributed by atoms with Gasteiger partial charge < -0.3 is 0 Å². The molecular weight excluding hydrogens is 298 g/mol. The Hall–Kier alpha value is -0.710. The molecule has 0 bridgehead atoms. The standard InChI is InChI=1S/C10H5BrClNOS/c11-9-3-6(12)1-2-8(9)10-13-7(4-14)5-15-10/h1-5H. The molecule has 0 unspecified atom stereocenters. The smallest absolute Gasteiger partial charge is 0.169 e. The minimum atomic E-state index is 0.455. The zero-order chi connectivity index (χ0) is 10.8. The number of halogens is 2. The molecule has 0 spiro atoms. The van der Waals surface area contributed by atoms with Crippen molar-refractivity contribution in [2.75, 3.05) is 0 Å². The zero-order valence-electron chi connectivity index (χ0n) is 7.41. The molecule has 0 amide bonds. The predicted octanol–water partition coefficient (Wildman–Crippen LogP) is 4.04. The van der Waals surface area contributed by atoms with Crippen molar-refractivity contribution in [1.29, 1.82) is 0 Å². The minimum Gasteiger partial charge on any atom is -0.296 e. The van der Waals surface area contributed by atoms with Gasteiger partial charge in [-0.1, -0.05) is 27.5 Å². The fourth-order valence-electron chi connectivity index (χ4n) is 1.13. The van der Waals surface area contributed by atoms with E-state index in [-0.39, 0.29) is 0 Å². The third-order valence-corrected chi connectivity index (χ3v) is 3.59. The van der Waals surface area contributed by atoms with Crippen LogP contribution in [0.3, 0.4) is 0 Å². The Morgan fingerprint density at radius 2 is 2.27 bits per heavy atom. The van der Waals surface area contributed by atoms with E-state index >= 15 is 0 Å². The number of carbonyl (C=O) groups excluding carboxylic acids is 1. The molecule has 76 valence electrons. The van der Waals surface area contributed by atoms with Crippen molar-refractivity contribution in [3.05, 3.63) is 38.8 Å². The molecule has 2 aromatic rings. The number of rotatable bonds is 2. The van der Waals surface area contributed by atoms with Gasteiger partial charge in [-0.2, -0.15) is 0 Å². The Morgan fingerprint density at radius 3 is 2.87 bits per heavy atom. The summed E-state index contributed by atoms with van der Waals surface area (Å²) in [7, 11) is 0. The molecule has 0 aliphatic heterocycles. The van der Waals surface area contributed by atoms with Gasteiger partial charge in [-0.15, -0.1) is 11.3 Å². The molecule has 2 rings (SSSR count). The highest BCUT2D eigenvalue weighted by Gasteiger charge is 2.08. The van der Waals surface area contributed by atoms with Crippen LogP contribution in [0.4, 0.5) is 0 Å². The summed E-state index contributed by atoms with van der Waals surface area (Å²) in [5, 5.41) is 3.20. The van der Waals surface area contributed by atoms with Gasteiger partial charge in [0.1, 0.15) is 10.7 Å². The molecule has 0 N–H and O–H groups in total. The van der Waals surface area contributed by atoms with Crippen LogP contribution in [0.5, 0.6) is 0 Å². The van der Waals surface area contributed by atoms with E-state index in [1.807, 2.05) is 6.07 Å². The largest absolute Gasteiger partial charge is 0.296 e. The topological polar surface area (TPSA) is 30.0 Å². The maximum absolute atomic E-state index is 10.5. The van der Waals surface area contributed by atoms with Crippen molar-refractivity contribution in [3.8, 4) is 10.6 Å². The predicted molar refractivity (Wildman–Crippen MR) is 65.6 cm³/mol. The highest BCUT2D eigenvalue weighted by atomic mass is 79.9. The lowest BCUT2D eigenvalue weighted by molar-refractivity contribution is 0.111. The number of thiazole rings is 1. The lowest BCUT2D eigenvalue weighted by atomic mass is 10.2. The molecule has 0 fully saturated rings. The summed E-state index contributed by atoms with van der Waals surface area (Å²) >= 11 is 10.7. The molecule has 0 aliphatic rings. The molecule has 1 aromatic heterocycles. The third-order valence-electron chi connectivity index (χ3n) is 1.80. The minimum absolute atomic E-state index is 0.455. The highest BCUT2D eigenvalue weighted by molar-refractivity contribution is 9.10. The number of benzene rings is 1. The molecule has 0 aliphatic carbocycles. The summed E-state index contributed by atoms with van der Waals surface area (Å²) < 4.78 is 0.877. The van der Waals surface area contributed by atoms with E-state index in [0.29, 0.717) is 10.7 Å². The van der Waals surface area contributed by atoms with Gasteiger partial charge in [0.25, 0.3) is 0 Å². The molecule has 0 saturated carbocycles. The van der Waals surface area contributed by atoms with Crippen LogP contribution in [0, 0.1) is 0 Å². The fourth-order valence-corrected chi connectivity index (χ4v) is 2.93. The van der Waals surface area contributed by atoms with Crippen molar-refractivity contribution in [1.82, 2.24) is 4.98 Å². The normalized spacial score (nSPS) is 10.3. The summed E-state index contributed by atoms with van der Waals surface area (Å²) in [6.07, 6.45) is 0.740. The Morgan fingerprint density at radius 1 is 1.47 bits per heavy atom. The first-order valence-electron chi connectivity index (χ1n) is 4.07. The number of carbonyl (C=O) groups is 1. The van der Waals surface area contributed by atoms with E-state index in [4.69, 9.17) is 11.6 Å². The molecule has 1 aromatic carbocycles. The van der Waals surface area contributed by atoms with E-state index in [1.54, 1.807) is 17.5 Å². The van der Waals surface area contributed by atoms with Crippen LogP contribution < -0.4 is 0 Å². The van der Waals surface area contributed by atoms with Gasteiger partial charge in [-0.05, 0) is 18.2 Å². The second-order valence-corrected chi connectivity index (χ2v) is 4.97. The molecular formula is C10H5BrClNOS. The lowest BCUT2D eigenvalue weighted by Crippen LogP contribution is -1.81. The molecule has 0 saturated heterocycles. The van der Waals surface area contributed by atoms with Gasteiger partial charge in [-0.3, -0.25) is 4.79 Å². The molecule has 0 radical (unpaired) electrons. The van der Waals surface area contributed by atoms with E-state index in [9.17, 15) is 4.79 Å². The second-order valence-electron chi connectivity index (χ2n) is 2.82. The van der Waals surface area contributed by atoms with Crippen LogP contribution in [0.15, 0.2) is 28.1 Å². The van der Waals surface area contributed by atoms with Gasteiger partial charge in [0.2, 0.25) is 0 Å². The fraction of sp³-hybridized carbons (Fsp3) is 0. The Labute approximate surface area is 104 Å².